The Morgan fingerprint density at radius 1 is 1.12 bits per heavy atom. The average molecular weight is 469 g/mol. The van der Waals surface area contributed by atoms with Crippen LogP contribution in [0.5, 0.6) is 0 Å². The van der Waals surface area contributed by atoms with Crippen LogP contribution >= 0.6 is 11.3 Å². The number of aromatic nitrogens is 2. The van der Waals surface area contributed by atoms with Crippen molar-refractivity contribution in [2.24, 2.45) is 0 Å². The molecule has 0 aliphatic carbocycles. The van der Waals surface area contributed by atoms with E-state index in [4.69, 9.17) is 5.73 Å². The number of hydrogen-bond donors (Lipinski definition) is 3. The van der Waals surface area contributed by atoms with Crippen LogP contribution < -0.4 is 11.2 Å². The quantitative estimate of drug-likeness (QED) is 0.323. The predicted octanol–water partition coefficient (Wildman–Crippen LogP) is 4.67. The van der Waals surface area contributed by atoms with Gasteiger partial charge in [0.25, 0.3) is 0 Å². The van der Waals surface area contributed by atoms with Crippen LogP contribution in [0.1, 0.15) is 0 Å². The molecule has 3 heterocycles. The lowest BCUT2D eigenvalue weighted by molar-refractivity contribution is 0.231. The van der Waals surface area contributed by atoms with Crippen LogP contribution in [0.3, 0.4) is 0 Å². The third-order valence-corrected chi connectivity index (χ3v) is 7.44. The van der Waals surface area contributed by atoms with Crippen molar-refractivity contribution in [2.45, 2.75) is 4.90 Å². The van der Waals surface area contributed by atoms with Gasteiger partial charge >= 0.3 is 10.1 Å². The second-order valence-electron chi connectivity index (χ2n) is 7.08. The molecule has 0 bridgehead atoms. The van der Waals surface area contributed by atoms with E-state index in [1.165, 1.54) is 36.6 Å². The van der Waals surface area contributed by atoms with Crippen molar-refractivity contribution in [1.82, 2.24) is 15.4 Å². The Morgan fingerprint density at radius 2 is 1.91 bits per heavy atom. The normalized spacial score (nSPS) is 12.1. The van der Waals surface area contributed by atoms with Crippen LogP contribution in [-0.2, 0) is 14.4 Å². The second kappa shape index (κ2) is 7.68. The molecule has 162 valence electrons. The van der Waals surface area contributed by atoms with Gasteiger partial charge in [-0.05, 0) is 46.8 Å². The molecule has 2 aromatic carbocycles. The molecule has 0 fully saturated rings. The molecule has 0 unspecified atom stereocenters. The highest BCUT2D eigenvalue weighted by molar-refractivity contribution is 7.86. The van der Waals surface area contributed by atoms with Gasteiger partial charge in [0, 0.05) is 46.0 Å². The maximum Gasteiger partial charge on any atom is 0.312 e. The Morgan fingerprint density at radius 3 is 2.66 bits per heavy atom. The summed E-state index contributed by atoms with van der Waals surface area (Å²) in [4.78, 5) is 7.27. The zero-order valence-electron chi connectivity index (χ0n) is 16.7. The third kappa shape index (κ3) is 3.33. The number of nitrogens with one attached hydrogen (secondary N) is 2. The molecule has 0 radical (unpaired) electrons. The topological polar surface area (TPSA) is 110 Å². The summed E-state index contributed by atoms with van der Waals surface area (Å²) in [6, 6.07) is 11.5. The van der Waals surface area contributed by atoms with Crippen LogP contribution in [0.15, 0.2) is 65.1 Å². The van der Waals surface area contributed by atoms with Gasteiger partial charge in [0.2, 0.25) is 0 Å². The number of halogens is 1. The van der Waals surface area contributed by atoms with Crippen LogP contribution in [0.25, 0.3) is 43.2 Å². The van der Waals surface area contributed by atoms with Gasteiger partial charge in [-0.1, -0.05) is 12.1 Å². The van der Waals surface area contributed by atoms with Gasteiger partial charge in [-0.2, -0.15) is 18.2 Å². The summed E-state index contributed by atoms with van der Waals surface area (Å²) >= 11 is 1.47. The Bertz CT molecular complexity index is 1570. The van der Waals surface area contributed by atoms with Crippen LogP contribution in [0, 0.1) is 5.82 Å². The Labute approximate surface area is 186 Å². The van der Waals surface area contributed by atoms with Crippen LogP contribution in [0.2, 0.25) is 0 Å². The minimum Gasteiger partial charge on any atom is -0.383 e. The number of aromatic amines is 1. The molecule has 0 spiro atoms. The fourth-order valence-electron chi connectivity index (χ4n) is 3.73. The molecule has 0 amide bonds. The van der Waals surface area contributed by atoms with E-state index in [9.17, 15) is 12.8 Å². The number of fused-ring (bicyclic) bond motifs is 2. The highest BCUT2D eigenvalue weighted by atomic mass is 32.2. The molecule has 0 aliphatic rings. The van der Waals surface area contributed by atoms with E-state index in [1.807, 2.05) is 17.5 Å². The Kier molecular flexibility index (Phi) is 4.94. The first-order valence-electron chi connectivity index (χ1n) is 9.52. The average Bonchev–Trinajstić information content (AvgIpc) is 3.42. The summed E-state index contributed by atoms with van der Waals surface area (Å²) in [6.07, 6.45) is 3.35. The maximum atomic E-state index is 14.6. The Balaban J connectivity index is 1.64. The van der Waals surface area contributed by atoms with Crippen molar-refractivity contribution in [3.63, 3.8) is 0 Å². The lowest BCUT2D eigenvalue weighted by atomic mass is 10.0. The monoisotopic (exact) mass is 468 g/mol. The lowest BCUT2D eigenvalue weighted by Gasteiger charge is -2.08. The molecular formula is C22H17FN4O3S2. The van der Waals surface area contributed by atoms with Gasteiger partial charge in [0.05, 0.1) is 10.4 Å². The van der Waals surface area contributed by atoms with Gasteiger partial charge in [-0.25, -0.2) is 9.37 Å². The van der Waals surface area contributed by atoms with Gasteiger partial charge in [-0.15, -0.1) is 11.3 Å². The SMILES string of the molecule is CNOS(=O)(=O)c1ccc(-c2cnc(N)c3c(-c4cc(F)c5[nH]ccc5c4)csc23)cc1. The number of pyridine rings is 1. The summed E-state index contributed by atoms with van der Waals surface area (Å²) in [7, 11) is -2.52. The molecule has 4 N–H and O–H groups in total. The number of H-pyrrole nitrogens is 1. The molecule has 32 heavy (non-hydrogen) atoms. The third-order valence-electron chi connectivity index (χ3n) is 5.19. The standard InChI is InChI=1S/C22H17FN4O3S2/c1-25-30-32(28,29)15-4-2-12(3-5-15)16-10-27-22(24)19-17(11-31-21(16)19)14-8-13-6-7-26-20(13)18(23)9-14/h2-11,25-26H,1H3,(H2,24,27). The van der Waals surface area contributed by atoms with Crippen LogP contribution in [0.4, 0.5) is 10.2 Å². The number of thiophene rings is 1. The highest BCUT2D eigenvalue weighted by Gasteiger charge is 2.18. The van der Waals surface area contributed by atoms with E-state index in [2.05, 4.69) is 19.7 Å². The van der Waals surface area contributed by atoms with E-state index >= 15 is 0 Å². The number of benzene rings is 2. The summed E-state index contributed by atoms with van der Waals surface area (Å²) in [5, 5.41) is 3.43. The zero-order chi connectivity index (χ0) is 22.5. The molecule has 5 rings (SSSR count). The molecule has 0 saturated heterocycles. The predicted molar refractivity (Wildman–Crippen MR) is 124 cm³/mol. The summed E-state index contributed by atoms with van der Waals surface area (Å²) in [5.41, 5.74) is 11.9. The van der Waals surface area contributed by atoms with Crippen molar-refractivity contribution in [3.8, 4) is 22.3 Å². The first kappa shape index (κ1) is 20.6. The fourth-order valence-corrected chi connectivity index (χ4v) is 5.63. The van der Waals surface area contributed by atoms with Gasteiger partial charge < -0.3 is 10.7 Å². The van der Waals surface area contributed by atoms with Gasteiger partial charge in [-0.3, -0.25) is 0 Å². The number of nitrogens with zero attached hydrogens (tertiary/aromatic N) is 1. The summed E-state index contributed by atoms with van der Waals surface area (Å²) in [5.74, 6) is 0.00122. The van der Waals surface area contributed by atoms with Gasteiger partial charge in [0.15, 0.2) is 0 Å². The van der Waals surface area contributed by atoms with E-state index < -0.39 is 10.1 Å². The smallest absolute Gasteiger partial charge is 0.312 e. The first-order valence-corrected chi connectivity index (χ1v) is 11.8. The number of hydrogen-bond acceptors (Lipinski definition) is 7. The van der Waals surface area contributed by atoms with Crippen molar-refractivity contribution >= 4 is 48.3 Å². The summed E-state index contributed by atoms with van der Waals surface area (Å²) in [6.45, 7) is 0. The molecule has 5 aromatic rings. The minimum atomic E-state index is -3.89. The summed E-state index contributed by atoms with van der Waals surface area (Å²) < 4.78 is 44.2. The second-order valence-corrected chi connectivity index (χ2v) is 9.50. The Hall–Kier alpha value is -3.31. The number of anilines is 1. The number of nitrogens with two attached hydrogens (primary N) is 1. The van der Waals surface area contributed by atoms with E-state index in [0.717, 1.165) is 32.2 Å². The molecule has 7 nitrogen and oxygen atoms in total. The van der Waals surface area contributed by atoms with E-state index in [1.54, 1.807) is 24.5 Å². The number of rotatable bonds is 5. The van der Waals surface area contributed by atoms with Crippen molar-refractivity contribution in [1.29, 1.82) is 0 Å². The number of hydroxylamine groups is 1. The minimum absolute atomic E-state index is 0.0254. The molecule has 0 aliphatic heterocycles. The largest absolute Gasteiger partial charge is 0.383 e. The molecule has 10 heteroatoms. The molecular weight excluding hydrogens is 451 g/mol. The molecule has 3 aromatic heterocycles. The first-order chi connectivity index (χ1) is 15.4. The van der Waals surface area contributed by atoms with E-state index in [0.29, 0.717) is 16.9 Å². The van der Waals surface area contributed by atoms with Gasteiger partial charge in [0.1, 0.15) is 11.6 Å². The van der Waals surface area contributed by atoms with E-state index in [-0.39, 0.29) is 10.7 Å². The zero-order valence-corrected chi connectivity index (χ0v) is 18.4. The maximum absolute atomic E-state index is 14.6. The van der Waals surface area contributed by atoms with Crippen molar-refractivity contribution in [2.75, 3.05) is 12.8 Å². The van der Waals surface area contributed by atoms with Crippen LogP contribution in [-0.4, -0.2) is 25.4 Å². The highest BCUT2D eigenvalue weighted by Crippen LogP contribution is 2.42. The fraction of sp³-hybridized carbons (Fsp3) is 0.0455. The number of nitrogen functional groups attached to an aromatic ring is 1. The lowest BCUT2D eigenvalue weighted by Crippen LogP contribution is -2.15. The molecule has 0 saturated carbocycles. The van der Waals surface area contributed by atoms with Crippen molar-refractivity contribution in [3.05, 3.63) is 66.1 Å². The molecule has 0 atom stereocenters. The van der Waals surface area contributed by atoms with Crippen molar-refractivity contribution < 1.29 is 17.1 Å².